The maximum atomic E-state index is 4.93. The zero-order chi connectivity index (χ0) is 5.82. The number of hydrogen-bond acceptors (Lipinski definition) is 3. The van der Waals surface area contributed by atoms with E-state index in [0.29, 0.717) is 12.5 Å². The molecule has 0 amide bonds. The van der Waals surface area contributed by atoms with Crippen molar-refractivity contribution in [1.29, 1.82) is 0 Å². The number of rotatable bonds is 2. The topological polar surface area (TPSA) is 22.1 Å². The van der Waals surface area contributed by atoms with Crippen molar-refractivity contribution in [2.45, 2.75) is 0 Å². The first-order chi connectivity index (χ1) is 3.93. The summed E-state index contributed by atoms with van der Waals surface area (Å²) in [6, 6.07) is 1.82. The number of ether oxygens (including phenoxy) is 1. The van der Waals surface area contributed by atoms with Crippen molar-refractivity contribution in [1.82, 2.24) is 4.37 Å². The Morgan fingerprint density at radius 1 is 1.88 bits per heavy atom. The molecule has 0 bridgehead atoms. The van der Waals surface area contributed by atoms with Gasteiger partial charge in [-0.1, -0.05) is 0 Å². The third-order valence-electron chi connectivity index (χ3n) is 0.664. The molecule has 0 spiro atoms. The normalized spacial score (nSPS) is 9.12. The van der Waals surface area contributed by atoms with Crippen molar-refractivity contribution in [3.8, 4) is 5.88 Å². The molecule has 0 fully saturated rings. The van der Waals surface area contributed by atoms with Crippen molar-refractivity contribution in [2.75, 3.05) is 6.61 Å². The quantitative estimate of drug-likeness (QED) is 0.600. The number of nitrogens with zero attached hydrogens (tertiary/aromatic N) is 1. The highest BCUT2D eigenvalue weighted by molar-refractivity contribution is 7.03. The van der Waals surface area contributed by atoms with E-state index in [1.54, 1.807) is 0 Å². The predicted molar refractivity (Wildman–Crippen MR) is 33.0 cm³/mol. The van der Waals surface area contributed by atoms with Crippen LogP contribution in [0, 0.1) is 6.92 Å². The van der Waals surface area contributed by atoms with Crippen LogP contribution in [0.1, 0.15) is 0 Å². The van der Waals surface area contributed by atoms with Crippen molar-refractivity contribution >= 4 is 11.5 Å². The Kier molecular flexibility index (Phi) is 1.86. The van der Waals surface area contributed by atoms with E-state index >= 15 is 0 Å². The minimum absolute atomic E-state index is 0.448. The summed E-state index contributed by atoms with van der Waals surface area (Å²) in [4.78, 5) is 0. The molecule has 0 aromatic carbocycles. The Morgan fingerprint density at radius 2 is 2.75 bits per heavy atom. The Hall–Kier alpha value is -0.570. The predicted octanol–water partition coefficient (Wildman–Crippen LogP) is 1.36. The second-order valence-corrected chi connectivity index (χ2v) is 1.85. The Bertz CT molecular complexity index is 138. The summed E-state index contributed by atoms with van der Waals surface area (Å²) in [5.41, 5.74) is 0. The van der Waals surface area contributed by atoms with Crippen LogP contribution >= 0.6 is 11.5 Å². The van der Waals surface area contributed by atoms with E-state index in [0.717, 1.165) is 0 Å². The van der Waals surface area contributed by atoms with Gasteiger partial charge >= 0.3 is 0 Å². The molecule has 8 heavy (non-hydrogen) atoms. The first-order valence-corrected chi connectivity index (χ1v) is 3.09. The lowest BCUT2D eigenvalue weighted by Gasteiger charge is -1.92. The molecule has 43 valence electrons. The lowest BCUT2D eigenvalue weighted by atomic mass is 10.7. The molecule has 0 aliphatic rings. The number of hydrogen-bond donors (Lipinski definition) is 0. The fraction of sp³-hybridized carbons (Fsp3) is 0.200. The summed E-state index contributed by atoms with van der Waals surface area (Å²) in [7, 11) is 0. The fourth-order valence-electron chi connectivity index (χ4n) is 0.380. The molecule has 0 aliphatic carbocycles. The van der Waals surface area contributed by atoms with Crippen LogP contribution in [-0.2, 0) is 0 Å². The van der Waals surface area contributed by atoms with Crippen molar-refractivity contribution in [3.63, 3.8) is 0 Å². The van der Waals surface area contributed by atoms with E-state index in [2.05, 4.69) is 11.3 Å². The van der Waals surface area contributed by atoms with E-state index in [9.17, 15) is 0 Å². The zero-order valence-electron chi connectivity index (χ0n) is 4.33. The average molecular weight is 128 g/mol. The van der Waals surface area contributed by atoms with Gasteiger partial charge in [-0.2, -0.15) is 4.37 Å². The first kappa shape index (κ1) is 5.56. The van der Waals surface area contributed by atoms with Gasteiger partial charge in [0.15, 0.2) is 0 Å². The lowest BCUT2D eigenvalue weighted by Crippen LogP contribution is -1.89. The minimum Gasteiger partial charge on any atom is -0.477 e. The molecule has 1 aromatic heterocycles. The average Bonchev–Trinajstić information content (AvgIpc) is 2.19. The summed E-state index contributed by atoms with van der Waals surface area (Å²) >= 11 is 1.38. The summed E-state index contributed by atoms with van der Waals surface area (Å²) in [5, 5.41) is 1.87. The summed E-state index contributed by atoms with van der Waals surface area (Å²) in [5.74, 6) is 0.671. The van der Waals surface area contributed by atoms with Crippen LogP contribution in [0.25, 0.3) is 0 Å². The van der Waals surface area contributed by atoms with Crippen LogP contribution in [0.5, 0.6) is 5.88 Å². The van der Waals surface area contributed by atoms with Gasteiger partial charge in [-0.25, -0.2) is 0 Å². The van der Waals surface area contributed by atoms with E-state index in [1.807, 2.05) is 11.4 Å². The highest BCUT2D eigenvalue weighted by Crippen LogP contribution is 2.07. The van der Waals surface area contributed by atoms with E-state index < -0.39 is 0 Å². The molecule has 3 heteroatoms. The van der Waals surface area contributed by atoms with E-state index in [4.69, 9.17) is 4.74 Å². The Labute approximate surface area is 52.3 Å². The molecule has 0 aliphatic heterocycles. The molecule has 2 nitrogen and oxygen atoms in total. The van der Waals surface area contributed by atoms with Crippen LogP contribution in [0.2, 0.25) is 0 Å². The minimum atomic E-state index is 0.448. The van der Waals surface area contributed by atoms with Crippen LogP contribution in [0.15, 0.2) is 11.4 Å². The molecule has 0 atom stereocenters. The summed E-state index contributed by atoms with van der Waals surface area (Å²) in [6.07, 6.45) is 0. The zero-order valence-corrected chi connectivity index (χ0v) is 5.15. The standard InChI is InChI=1S/C5H6NOS/c1-2-7-5-3-4-8-6-5/h3-4H,1-2H2. The lowest BCUT2D eigenvalue weighted by molar-refractivity contribution is 0.350. The molecule has 0 saturated heterocycles. The fourth-order valence-corrected chi connectivity index (χ4v) is 0.836. The molecule has 1 aromatic rings. The Balaban J connectivity index is 2.50. The van der Waals surface area contributed by atoms with Crippen molar-refractivity contribution in [2.24, 2.45) is 0 Å². The second kappa shape index (κ2) is 2.67. The monoisotopic (exact) mass is 128 g/mol. The third-order valence-corrected chi connectivity index (χ3v) is 1.21. The van der Waals surface area contributed by atoms with Gasteiger partial charge < -0.3 is 4.74 Å². The molecule has 0 N–H and O–H groups in total. The van der Waals surface area contributed by atoms with Crippen LogP contribution < -0.4 is 4.74 Å². The maximum Gasteiger partial charge on any atom is 0.225 e. The highest BCUT2D eigenvalue weighted by atomic mass is 32.1. The largest absolute Gasteiger partial charge is 0.477 e. The molecule has 1 radical (unpaired) electrons. The molecule has 0 unspecified atom stereocenters. The van der Waals surface area contributed by atoms with Crippen molar-refractivity contribution in [3.05, 3.63) is 18.4 Å². The van der Waals surface area contributed by atoms with Gasteiger partial charge in [0.05, 0.1) is 6.61 Å². The van der Waals surface area contributed by atoms with Crippen molar-refractivity contribution < 1.29 is 4.74 Å². The van der Waals surface area contributed by atoms with Crippen LogP contribution in [-0.4, -0.2) is 11.0 Å². The molecular weight excluding hydrogens is 122 g/mol. The van der Waals surface area contributed by atoms with Gasteiger partial charge in [0.2, 0.25) is 5.88 Å². The SMILES string of the molecule is [CH2]COc1ccsn1. The van der Waals surface area contributed by atoms with Gasteiger partial charge in [-0.15, -0.1) is 0 Å². The maximum absolute atomic E-state index is 4.93. The second-order valence-electron chi connectivity index (χ2n) is 1.19. The van der Waals surface area contributed by atoms with E-state index in [-0.39, 0.29) is 0 Å². The smallest absolute Gasteiger partial charge is 0.225 e. The van der Waals surface area contributed by atoms with Crippen LogP contribution in [0.4, 0.5) is 0 Å². The van der Waals surface area contributed by atoms with E-state index in [1.165, 1.54) is 11.5 Å². The van der Waals surface area contributed by atoms with Gasteiger partial charge in [-0.05, 0) is 18.5 Å². The summed E-state index contributed by atoms with van der Waals surface area (Å²) in [6.45, 7) is 3.95. The third kappa shape index (κ3) is 1.20. The molecule has 0 saturated carbocycles. The number of aromatic nitrogens is 1. The summed E-state index contributed by atoms with van der Waals surface area (Å²) < 4.78 is 8.82. The van der Waals surface area contributed by atoms with Gasteiger partial charge in [0.25, 0.3) is 0 Å². The van der Waals surface area contributed by atoms with Crippen LogP contribution in [0.3, 0.4) is 0 Å². The highest BCUT2D eigenvalue weighted by Gasteiger charge is 1.88. The molecular formula is C5H6NOS. The Morgan fingerprint density at radius 3 is 3.25 bits per heavy atom. The molecule has 1 heterocycles. The van der Waals surface area contributed by atoms with Gasteiger partial charge in [0.1, 0.15) is 0 Å². The first-order valence-electron chi connectivity index (χ1n) is 2.26. The van der Waals surface area contributed by atoms with Gasteiger partial charge in [0, 0.05) is 11.4 Å². The van der Waals surface area contributed by atoms with Gasteiger partial charge in [-0.3, -0.25) is 0 Å². The molecule has 1 rings (SSSR count).